The van der Waals surface area contributed by atoms with Crippen molar-refractivity contribution in [2.45, 2.75) is 6.42 Å². The van der Waals surface area contributed by atoms with E-state index in [-0.39, 0.29) is 12.4 Å². The predicted molar refractivity (Wildman–Crippen MR) is 72.1 cm³/mol. The normalized spacial score (nSPS) is 10.2. The van der Waals surface area contributed by atoms with Gasteiger partial charge in [0, 0.05) is 10.9 Å². The highest BCUT2D eigenvalue weighted by molar-refractivity contribution is 5.82. The molecule has 0 N–H and O–H groups in total. The van der Waals surface area contributed by atoms with Crippen molar-refractivity contribution in [3.63, 3.8) is 0 Å². The van der Waals surface area contributed by atoms with Gasteiger partial charge in [-0.2, -0.15) is 0 Å². The zero-order chi connectivity index (χ0) is 13.0. The van der Waals surface area contributed by atoms with Gasteiger partial charge in [-0.15, -0.1) is 6.58 Å². The number of para-hydroxylation sites is 1. The van der Waals surface area contributed by atoms with Crippen molar-refractivity contribution in [1.82, 2.24) is 0 Å². The highest BCUT2D eigenvalue weighted by atomic mass is 16.5. The second-order valence-corrected chi connectivity index (χ2v) is 3.79. The van der Waals surface area contributed by atoms with E-state index in [1.165, 1.54) is 0 Å². The van der Waals surface area contributed by atoms with Crippen molar-refractivity contribution >= 4 is 11.0 Å². The van der Waals surface area contributed by atoms with Crippen molar-refractivity contribution in [3.8, 4) is 5.75 Å². The van der Waals surface area contributed by atoms with Crippen LogP contribution in [0.3, 0.4) is 0 Å². The number of benzene rings is 1. The maximum atomic E-state index is 11.9. The SMILES string of the molecule is C=CCOc1c(CC=C)c2ccccc2oc1=O. The maximum Gasteiger partial charge on any atom is 0.379 e. The molecule has 0 amide bonds. The number of rotatable bonds is 5. The second-order valence-electron chi connectivity index (χ2n) is 3.79. The lowest BCUT2D eigenvalue weighted by Gasteiger charge is -2.09. The molecule has 2 rings (SSSR count). The van der Waals surface area contributed by atoms with E-state index in [1.807, 2.05) is 18.2 Å². The molecule has 0 aliphatic heterocycles. The van der Waals surface area contributed by atoms with Crippen LogP contribution in [0.2, 0.25) is 0 Å². The Labute approximate surface area is 105 Å². The fourth-order valence-corrected chi connectivity index (χ4v) is 1.83. The zero-order valence-electron chi connectivity index (χ0n) is 10.0. The molecule has 0 atom stereocenters. The average Bonchev–Trinajstić information content (AvgIpc) is 2.38. The van der Waals surface area contributed by atoms with Crippen LogP contribution in [0.5, 0.6) is 5.75 Å². The zero-order valence-corrected chi connectivity index (χ0v) is 10.0. The van der Waals surface area contributed by atoms with Gasteiger partial charge < -0.3 is 9.15 Å². The minimum atomic E-state index is -0.465. The number of hydrogen-bond donors (Lipinski definition) is 0. The van der Waals surface area contributed by atoms with Gasteiger partial charge in [-0.25, -0.2) is 4.79 Å². The lowest BCUT2D eigenvalue weighted by molar-refractivity contribution is 0.339. The van der Waals surface area contributed by atoms with Crippen LogP contribution in [0, 0.1) is 0 Å². The number of hydrogen-bond acceptors (Lipinski definition) is 3. The van der Waals surface area contributed by atoms with Gasteiger partial charge in [-0.05, 0) is 12.5 Å². The van der Waals surface area contributed by atoms with Crippen LogP contribution in [0.4, 0.5) is 0 Å². The van der Waals surface area contributed by atoms with Crippen LogP contribution in [-0.2, 0) is 6.42 Å². The molecular formula is C15H14O3. The van der Waals surface area contributed by atoms with Gasteiger partial charge in [0.1, 0.15) is 12.2 Å². The lowest BCUT2D eigenvalue weighted by Crippen LogP contribution is -2.10. The topological polar surface area (TPSA) is 39.4 Å². The summed E-state index contributed by atoms with van der Waals surface area (Å²) in [6.45, 7) is 7.54. The van der Waals surface area contributed by atoms with Crippen LogP contribution in [-0.4, -0.2) is 6.61 Å². The molecule has 0 spiro atoms. The monoisotopic (exact) mass is 242 g/mol. The third-order valence-corrected chi connectivity index (χ3v) is 2.57. The number of fused-ring (bicyclic) bond motifs is 1. The molecule has 0 saturated heterocycles. The van der Waals surface area contributed by atoms with Gasteiger partial charge >= 0.3 is 5.63 Å². The molecule has 3 heteroatoms. The Bertz CT molecular complexity index is 638. The maximum absolute atomic E-state index is 11.9. The Morgan fingerprint density at radius 3 is 2.72 bits per heavy atom. The molecule has 2 aromatic rings. The van der Waals surface area contributed by atoms with Gasteiger partial charge in [0.25, 0.3) is 0 Å². The molecule has 3 nitrogen and oxygen atoms in total. The quantitative estimate of drug-likeness (QED) is 0.597. The van der Waals surface area contributed by atoms with E-state index in [1.54, 1.807) is 18.2 Å². The highest BCUT2D eigenvalue weighted by Gasteiger charge is 2.14. The summed E-state index contributed by atoms with van der Waals surface area (Å²) in [6, 6.07) is 7.39. The molecule has 0 aliphatic rings. The molecular weight excluding hydrogens is 228 g/mol. The molecule has 18 heavy (non-hydrogen) atoms. The van der Waals surface area contributed by atoms with Crippen LogP contribution >= 0.6 is 0 Å². The second kappa shape index (κ2) is 5.36. The summed E-state index contributed by atoms with van der Waals surface area (Å²) >= 11 is 0. The van der Waals surface area contributed by atoms with Crippen molar-refractivity contribution in [1.29, 1.82) is 0 Å². The van der Waals surface area contributed by atoms with Crippen molar-refractivity contribution < 1.29 is 9.15 Å². The third-order valence-electron chi connectivity index (χ3n) is 2.57. The minimum Gasteiger partial charge on any atom is -0.482 e. The van der Waals surface area contributed by atoms with Gasteiger partial charge in [-0.3, -0.25) is 0 Å². The van der Waals surface area contributed by atoms with E-state index in [2.05, 4.69) is 13.2 Å². The van der Waals surface area contributed by atoms with E-state index in [9.17, 15) is 4.79 Å². The molecule has 0 unspecified atom stereocenters. The number of allylic oxidation sites excluding steroid dienone is 1. The van der Waals surface area contributed by atoms with Crippen LogP contribution < -0.4 is 10.4 Å². The molecule has 0 bridgehead atoms. The summed E-state index contributed by atoms with van der Waals surface area (Å²) in [5, 5.41) is 0.871. The lowest BCUT2D eigenvalue weighted by atomic mass is 10.1. The molecule has 0 saturated carbocycles. The summed E-state index contributed by atoms with van der Waals surface area (Å²) in [5.74, 6) is 0.244. The third kappa shape index (κ3) is 2.20. The predicted octanol–water partition coefficient (Wildman–Crippen LogP) is 3.09. The van der Waals surface area contributed by atoms with Crippen LogP contribution in [0.1, 0.15) is 5.56 Å². The largest absolute Gasteiger partial charge is 0.482 e. The highest BCUT2D eigenvalue weighted by Crippen LogP contribution is 2.25. The first-order valence-corrected chi connectivity index (χ1v) is 5.67. The molecule has 0 fully saturated rings. The van der Waals surface area contributed by atoms with Crippen LogP contribution in [0.15, 0.2) is 58.8 Å². The van der Waals surface area contributed by atoms with Gasteiger partial charge in [0.15, 0.2) is 0 Å². The summed E-state index contributed by atoms with van der Waals surface area (Å²) in [5.41, 5.74) is 0.899. The first kappa shape index (κ1) is 12.2. The molecule has 1 heterocycles. The van der Waals surface area contributed by atoms with E-state index in [0.29, 0.717) is 12.0 Å². The summed E-state index contributed by atoms with van der Waals surface area (Å²) in [7, 11) is 0. The Balaban J connectivity index is 2.69. The van der Waals surface area contributed by atoms with Gasteiger partial charge in [-0.1, -0.05) is 36.9 Å². The molecule has 0 aliphatic carbocycles. The Kier molecular flexibility index (Phi) is 3.63. The van der Waals surface area contributed by atoms with Gasteiger partial charge in [0.05, 0.1) is 0 Å². The Morgan fingerprint density at radius 1 is 1.22 bits per heavy atom. The van der Waals surface area contributed by atoms with E-state index >= 15 is 0 Å². The van der Waals surface area contributed by atoms with E-state index < -0.39 is 5.63 Å². The van der Waals surface area contributed by atoms with Crippen molar-refractivity contribution in [2.75, 3.05) is 6.61 Å². The molecule has 92 valence electrons. The fourth-order valence-electron chi connectivity index (χ4n) is 1.83. The van der Waals surface area contributed by atoms with E-state index in [0.717, 1.165) is 10.9 Å². The average molecular weight is 242 g/mol. The summed E-state index contributed by atoms with van der Waals surface area (Å²) in [6.07, 6.45) is 3.88. The van der Waals surface area contributed by atoms with Crippen LogP contribution in [0.25, 0.3) is 11.0 Å². The minimum absolute atomic E-state index is 0.244. The summed E-state index contributed by atoms with van der Waals surface area (Å²) in [4.78, 5) is 11.9. The van der Waals surface area contributed by atoms with E-state index in [4.69, 9.17) is 9.15 Å². The molecule has 1 aromatic heterocycles. The van der Waals surface area contributed by atoms with Crippen molar-refractivity contribution in [2.24, 2.45) is 0 Å². The Morgan fingerprint density at radius 2 is 2.00 bits per heavy atom. The fraction of sp³-hybridized carbons (Fsp3) is 0.133. The van der Waals surface area contributed by atoms with Crippen molar-refractivity contribution in [3.05, 3.63) is 65.6 Å². The summed E-state index contributed by atoms with van der Waals surface area (Å²) < 4.78 is 10.6. The first-order chi connectivity index (χ1) is 8.77. The standard InChI is InChI=1S/C15H14O3/c1-3-7-12-11-8-5-6-9-13(11)18-15(16)14(12)17-10-4-2/h3-6,8-9H,1-2,7,10H2. The van der Waals surface area contributed by atoms with Gasteiger partial charge in [0.2, 0.25) is 5.75 Å². The number of ether oxygens (including phenoxy) is 1. The molecule has 1 aromatic carbocycles. The molecule has 0 radical (unpaired) electrons. The first-order valence-electron chi connectivity index (χ1n) is 5.67. The smallest absolute Gasteiger partial charge is 0.379 e. The Hall–Kier alpha value is -2.29.